The van der Waals surface area contributed by atoms with Gasteiger partial charge in [0.1, 0.15) is 0 Å². The molecule has 0 saturated carbocycles. The zero-order chi connectivity index (χ0) is 17.6. The first kappa shape index (κ1) is 21.9. The van der Waals surface area contributed by atoms with Gasteiger partial charge in [0.05, 0.1) is 6.26 Å². The minimum absolute atomic E-state index is 0. The number of benzene rings is 1. The number of nitrogens with two attached hydrogens (primary N) is 1. The maximum Gasteiger partial charge on any atom is 0.224 e. The monoisotopic (exact) mass is 389 g/mol. The van der Waals surface area contributed by atoms with Crippen LogP contribution in [0.1, 0.15) is 43.7 Å². The molecule has 1 aromatic carbocycles. The summed E-state index contributed by atoms with van der Waals surface area (Å²) in [5.74, 6) is 0.0513. The van der Waals surface area contributed by atoms with Crippen LogP contribution in [0.2, 0.25) is 0 Å². The summed E-state index contributed by atoms with van der Waals surface area (Å²) >= 11 is 0. The predicted molar refractivity (Wildman–Crippen MR) is 102 cm³/mol. The Morgan fingerprint density at radius 2 is 2.00 bits per heavy atom. The van der Waals surface area contributed by atoms with E-state index < -0.39 is 10.0 Å². The van der Waals surface area contributed by atoms with E-state index in [4.69, 9.17) is 5.73 Å². The van der Waals surface area contributed by atoms with Gasteiger partial charge in [-0.2, -0.15) is 0 Å². The molecule has 142 valence electrons. The van der Waals surface area contributed by atoms with Crippen LogP contribution in [-0.2, 0) is 14.8 Å². The standard InChI is InChI=1S/C17H27N3O3S.ClH/c1-24(22,23)19-11-10-15-9-5-6-12-20(15)17(21)13-16(18)14-7-3-2-4-8-14;/h2-4,7-8,15-16,19H,5-6,9-13,18H2,1H3;1H. The molecule has 2 rings (SSSR count). The van der Waals surface area contributed by atoms with Crippen LogP contribution in [0.5, 0.6) is 0 Å². The van der Waals surface area contributed by atoms with E-state index in [1.807, 2.05) is 35.2 Å². The van der Waals surface area contributed by atoms with Gasteiger partial charge in [-0.15, -0.1) is 12.4 Å². The van der Waals surface area contributed by atoms with Crippen LogP contribution in [0.15, 0.2) is 30.3 Å². The first-order valence-electron chi connectivity index (χ1n) is 8.41. The van der Waals surface area contributed by atoms with Crippen LogP contribution < -0.4 is 10.5 Å². The van der Waals surface area contributed by atoms with Gasteiger partial charge >= 0.3 is 0 Å². The molecule has 1 aromatic rings. The third kappa shape index (κ3) is 7.32. The van der Waals surface area contributed by atoms with Crippen molar-refractivity contribution in [2.75, 3.05) is 19.3 Å². The highest BCUT2D eigenvalue weighted by molar-refractivity contribution is 7.88. The first-order valence-corrected chi connectivity index (χ1v) is 10.3. The van der Waals surface area contributed by atoms with Crippen LogP contribution in [0.3, 0.4) is 0 Å². The third-order valence-electron chi connectivity index (χ3n) is 4.41. The van der Waals surface area contributed by atoms with Crippen LogP contribution in [0.25, 0.3) is 0 Å². The highest BCUT2D eigenvalue weighted by Gasteiger charge is 2.27. The Morgan fingerprint density at radius 1 is 1.32 bits per heavy atom. The van der Waals surface area contributed by atoms with E-state index in [9.17, 15) is 13.2 Å². The van der Waals surface area contributed by atoms with E-state index in [0.29, 0.717) is 13.0 Å². The highest BCUT2D eigenvalue weighted by atomic mass is 35.5. The van der Waals surface area contributed by atoms with Gasteiger partial charge in [-0.3, -0.25) is 4.79 Å². The number of rotatable bonds is 7. The molecule has 0 aliphatic carbocycles. The second-order valence-corrected chi connectivity index (χ2v) is 8.25. The zero-order valence-corrected chi connectivity index (χ0v) is 16.2. The van der Waals surface area contributed by atoms with Crippen molar-refractivity contribution >= 4 is 28.3 Å². The Balaban J connectivity index is 0.00000312. The molecular weight excluding hydrogens is 362 g/mol. The van der Waals surface area contributed by atoms with Crippen LogP contribution >= 0.6 is 12.4 Å². The number of carbonyl (C=O) groups is 1. The van der Waals surface area contributed by atoms with Crippen molar-refractivity contribution in [1.82, 2.24) is 9.62 Å². The van der Waals surface area contributed by atoms with E-state index in [1.165, 1.54) is 0 Å². The second-order valence-electron chi connectivity index (χ2n) is 6.41. The summed E-state index contributed by atoms with van der Waals surface area (Å²) in [6.07, 6.45) is 5.03. The first-order chi connectivity index (χ1) is 11.4. The SMILES string of the molecule is CS(=O)(=O)NCCC1CCCCN1C(=O)CC(N)c1ccccc1.Cl. The summed E-state index contributed by atoms with van der Waals surface area (Å²) in [6.45, 7) is 1.09. The number of likely N-dealkylation sites (tertiary alicyclic amines) is 1. The largest absolute Gasteiger partial charge is 0.340 e. The fourth-order valence-corrected chi connectivity index (χ4v) is 3.65. The van der Waals surface area contributed by atoms with E-state index in [0.717, 1.165) is 37.6 Å². The van der Waals surface area contributed by atoms with Gasteiger partial charge in [0.25, 0.3) is 0 Å². The second kappa shape index (κ2) is 10.1. The molecule has 1 fully saturated rings. The normalized spacial score (nSPS) is 19.1. The van der Waals surface area contributed by atoms with Gasteiger partial charge in [-0.1, -0.05) is 30.3 Å². The number of hydrogen-bond donors (Lipinski definition) is 2. The number of nitrogens with zero attached hydrogens (tertiary/aromatic N) is 1. The number of hydrogen-bond acceptors (Lipinski definition) is 4. The van der Waals surface area contributed by atoms with Crippen LogP contribution in [0, 0.1) is 0 Å². The number of piperidine rings is 1. The zero-order valence-electron chi connectivity index (χ0n) is 14.6. The molecule has 25 heavy (non-hydrogen) atoms. The quantitative estimate of drug-likeness (QED) is 0.743. The average Bonchev–Trinajstić information content (AvgIpc) is 2.55. The summed E-state index contributed by atoms with van der Waals surface area (Å²) in [5, 5.41) is 0. The highest BCUT2D eigenvalue weighted by Crippen LogP contribution is 2.23. The molecule has 0 aromatic heterocycles. The molecule has 1 heterocycles. The fraction of sp³-hybridized carbons (Fsp3) is 0.588. The number of sulfonamides is 1. The van der Waals surface area contributed by atoms with Crippen molar-refractivity contribution in [3.63, 3.8) is 0 Å². The molecule has 6 nitrogen and oxygen atoms in total. The van der Waals surface area contributed by atoms with Gasteiger partial charge in [-0.25, -0.2) is 13.1 Å². The van der Waals surface area contributed by atoms with Gasteiger partial charge < -0.3 is 10.6 Å². The van der Waals surface area contributed by atoms with E-state index in [-0.39, 0.29) is 36.8 Å². The van der Waals surface area contributed by atoms with Crippen LogP contribution in [-0.4, -0.2) is 44.6 Å². The molecule has 0 bridgehead atoms. The van der Waals surface area contributed by atoms with Gasteiger partial charge in [0, 0.05) is 31.6 Å². The Morgan fingerprint density at radius 3 is 2.64 bits per heavy atom. The van der Waals surface area contributed by atoms with Crippen molar-refractivity contribution in [3.8, 4) is 0 Å². The molecule has 0 spiro atoms. The minimum atomic E-state index is -3.19. The average molecular weight is 390 g/mol. The van der Waals surface area contributed by atoms with Crippen molar-refractivity contribution in [2.45, 2.75) is 44.2 Å². The maximum absolute atomic E-state index is 12.7. The number of halogens is 1. The summed E-state index contributed by atoms with van der Waals surface area (Å²) in [4.78, 5) is 14.5. The Bertz CT molecular complexity index is 640. The summed E-state index contributed by atoms with van der Waals surface area (Å²) < 4.78 is 24.9. The smallest absolute Gasteiger partial charge is 0.224 e. The maximum atomic E-state index is 12.7. The molecule has 2 unspecified atom stereocenters. The van der Waals surface area contributed by atoms with Crippen LogP contribution in [0.4, 0.5) is 0 Å². The van der Waals surface area contributed by atoms with Gasteiger partial charge in [-0.05, 0) is 31.2 Å². The molecule has 1 saturated heterocycles. The molecular formula is C17H28ClN3O3S. The number of amides is 1. The Kier molecular flexibility index (Phi) is 8.85. The molecule has 0 radical (unpaired) electrons. The predicted octanol–water partition coefficient (Wildman–Crippen LogP) is 1.82. The van der Waals surface area contributed by atoms with E-state index in [1.54, 1.807) is 0 Å². The topological polar surface area (TPSA) is 92.5 Å². The summed E-state index contributed by atoms with van der Waals surface area (Å²) in [6, 6.07) is 9.40. The summed E-state index contributed by atoms with van der Waals surface area (Å²) in [5.41, 5.74) is 7.12. The number of carbonyl (C=O) groups excluding carboxylic acids is 1. The third-order valence-corrected chi connectivity index (χ3v) is 5.14. The lowest BCUT2D eigenvalue weighted by atomic mass is 9.97. The van der Waals surface area contributed by atoms with Crippen molar-refractivity contribution in [2.24, 2.45) is 5.73 Å². The summed E-state index contributed by atoms with van der Waals surface area (Å²) in [7, 11) is -3.19. The lowest BCUT2D eigenvalue weighted by Crippen LogP contribution is -2.46. The van der Waals surface area contributed by atoms with E-state index in [2.05, 4.69) is 4.72 Å². The fourth-order valence-electron chi connectivity index (χ4n) is 3.16. The lowest BCUT2D eigenvalue weighted by molar-refractivity contribution is -0.135. The molecule has 1 aliphatic heterocycles. The van der Waals surface area contributed by atoms with Crippen molar-refractivity contribution in [1.29, 1.82) is 0 Å². The van der Waals surface area contributed by atoms with Gasteiger partial charge in [0.15, 0.2) is 0 Å². The minimum Gasteiger partial charge on any atom is -0.340 e. The molecule has 1 amide bonds. The number of nitrogens with one attached hydrogen (secondary N) is 1. The molecule has 3 N–H and O–H groups in total. The van der Waals surface area contributed by atoms with Crippen molar-refractivity contribution < 1.29 is 13.2 Å². The molecule has 1 aliphatic rings. The van der Waals surface area contributed by atoms with Gasteiger partial charge in [0.2, 0.25) is 15.9 Å². The Hall–Kier alpha value is -1.15. The molecule has 2 atom stereocenters. The lowest BCUT2D eigenvalue weighted by Gasteiger charge is -2.36. The molecule has 8 heteroatoms. The van der Waals surface area contributed by atoms with E-state index >= 15 is 0 Å². The van der Waals surface area contributed by atoms with Crippen molar-refractivity contribution in [3.05, 3.63) is 35.9 Å². The Labute approximate surface area is 156 Å².